The van der Waals surface area contributed by atoms with Gasteiger partial charge in [0.15, 0.2) is 0 Å². The van der Waals surface area contributed by atoms with E-state index in [-0.39, 0.29) is 11.8 Å². The third kappa shape index (κ3) is 3.75. The lowest BCUT2D eigenvalue weighted by molar-refractivity contribution is 0.332. The quantitative estimate of drug-likeness (QED) is 0.929. The molecule has 118 valence electrons. The van der Waals surface area contributed by atoms with E-state index in [1.54, 1.807) is 35.6 Å². The minimum absolute atomic E-state index is 0.184. The second-order valence-corrected chi connectivity index (χ2v) is 7.59. The standard InChI is InChI=1S/C15H24N2O3S/c1-13(14-7-9-15(18)10-8-14)16(2)21(19,20)17-11-5-3-4-6-12-17/h7-10,13,18H,3-6,11-12H2,1-2H3. The van der Waals surface area contributed by atoms with Gasteiger partial charge in [-0.3, -0.25) is 0 Å². The molecule has 0 spiro atoms. The summed E-state index contributed by atoms with van der Waals surface area (Å²) in [5.41, 5.74) is 0.869. The first kappa shape index (κ1) is 16.3. The van der Waals surface area contributed by atoms with Gasteiger partial charge in [-0.1, -0.05) is 25.0 Å². The summed E-state index contributed by atoms with van der Waals surface area (Å²) < 4.78 is 28.5. The molecule has 1 heterocycles. The fourth-order valence-electron chi connectivity index (χ4n) is 2.62. The van der Waals surface area contributed by atoms with E-state index >= 15 is 0 Å². The second-order valence-electron chi connectivity index (χ2n) is 5.60. The van der Waals surface area contributed by atoms with Gasteiger partial charge in [-0.25, -0.2) is 0 Å². The van der Waals surface area contributed by atoms with Crippen molar-refractivity contribution in [3.8, 4) is 5.75 Å². The van der Waals surface area contributed by atoms with E-state index in [0.717, 1.165) is 31.2 Å². The van der Waals surface area contributed by atoms with Crippen LogP contribution in [0.15, 0.2) is 24.3 Å². The summed E-state index contributed by atoms with van der Waals surface area (Å²) in [7, 11) is -1.82. The van der Waals surface area contributed by atoms with Gasteiger partial charge in [0.1, 0.15) is 5.75 Å². The number of hydrogen-bond acceptors (Lipinski definition) is 3. The average molecular weight is 312 g/mol. The van der Waals surface area contributed by atoms with E-state index in [1.165, 1.54) is 4.31 Å². The Labute approximate surface area is 127 Å². The summed E-state index contributed by atoms with van der Waals surface area (Å²) in [6.45, 7) is 3.08. The Morgan fingerprint density at radius 2 is 1.62 bits per heavy atom. The van der Waals surface area contributed by atoms with Crippen molar-refractivity contribution in [2.45, 2.75) is 38.6 Å². The van der Waals surface area contributed by atoms with Crippen molar-refractivity contribution < 1.29 is 13.5 Å². The first-order chi connectivity index (χ1) is 9.93. The van der Waals surface area contributed by atoms with Crippen LogP contribution in [0, 0.1) is 0 Å². The summed E-state index contributed by atoms with van der Waals surface area (Å²) in [6, 6.07) is 6.41. The number of nitrogens with zero attached hydrogens (tertiary/aromatic N) is 2. The fourth-order valence-corrected chi connectivity index (χ4v) is 4.22. The molecule has 6 heteroatoms. The molecule has 1 aromatic rings. The van der Waals surface area contributed by atoms with Gasteiger partial charge in [0.25, 0.3) is 10.2 Å². The van der Waals surface area contributed by atoms with Gasteiger partial charge in [0, 0.05) is 26.2 Å². The van der Waals surface area contributed by atoms with Gasteiger partial charge in [0.2, 0.25) is 0 Å². The molecule has 0 radical (unpaired) electrons. The lowest BCUT2D eigenvalue weighted by atomic mass is 10.1. The number of rotatable bonds is 4. The van der Waals surface area contributed by atoms with Crippen LogP contribution in [0.3, 0.4) is 0 Å². The molecule has 0 bridgehead atoms. The Balaban J connectivity index is 2.16. The summed E-state index contributed by atoms with van der Waals surface area (Å²) in [5.74, 6) is 0.184. The average Bonchev–Trinajstić information content (AvgIpc) is 2.76. The van der Waals surface area contributed by atoms with Crippen LogP contribution >= 0.6 is 0 Å². The Morgan fingerprint density at radius 3 is 2.14 bits per heavy atom. The topological polar surface area (TPSA) is 60.9 Å². The number of hydrogen-bond donors (Lipinski definition) is 1. The predicted octanol–water partition coefficient (Wildman–Crippen LogP) is 2.51. The smallest absolute Gasteiger partial charge is 0.282 e. The minimum atomic E-state index is -3.44. The number of aromatic hydroxyl groups is 1. The Morgan fingerprint density at radius 1 is 1.10 bits per heavy atom. The van der Waals surface area contributed by atoms with E-state index in [9.17, 15) is 13.5 Å². The van der Waals surface area contributed by atoms with E-state index in [1.807, 2.05) is 6.92 Å². The minimum Gasteiger partial charge on any atom is -0.508 e. The molecule has 1 aliphatic rings. The van der Waals surface area contributed by atoms with Crippen molar-refractivity contribution >= 4 is 10.2 Å². The maximum absolute atomic E-state index is 12.7. The predicted molar refractivity (Wildman–Crippen MR) is 83.2 cm³/mol. The third-order valence-electron chi connectivity index (χ3n) is 4.18. The number of phenolic OH excluding ortho intramolecular Hbond substituents is 1. The van der Waals surface area contributed by atoms with E-state index < -0.39 is 10.2 Å². The zero-order chi connectivity index (χ0) is 15.5. The molecule has 21 heavy (non-hydrogen) atoms. The molecule has 1 aliphatic heterocycles. The van der Waals surface area contributed by atoms with Gasteiger partial charge < -0.3 is 5.11 Å². The molecule has 1 atom stereocenters. The molecule has 0 amide bonds. The summed E-state index contributed by atoms with van der Waals surface area (Å²) >= 11 is 0. The summed E-state index contributed by atoms with van der Waals surface area (Å²) in [5, 5.41) is 9.33. The van der Waals surface area contributed by atoms with E-state index in [4.69, 9.17) is 0 Å². The first-order valence-electron chi connectivity index (χ1n) is 7.45. The van der Waals surface area contributed by atoms with Gasteiger partial charge in [-0.05, 0) is 37.5 Å². The molecule has 2 rings (SSSR count). The first-order valence-corrected chi connectivity index (χ1v) is 8.84. The second kappa shape index (κ2) is 6.77. The fraction of sp³-hybridized carbons (Fsp3) is 0.600. The number of phenols is 1. The van der Waals surface area contributed by atoms with Crippen LogP contribution in [-0.2, 0) is 10.2 Å². The highest BCUT2D eigenvalue weighted by Crippen LogP contribution is 2.26. The van der Waals surface area contributed by atoms with Crippen LogP contribution in [0.5, 0.6) is 5.75 Å². The monoisotopic (exact) mass is 312 g/mol. The number of benzene rings is 1. The van der Waals surface area contributed by atoms with Crippen LogP contribution in [0.25, 0.3) is 0 Å². The maximum atomic E-state index is 12.7. The van der Waals surface area contributed by atoms with Gasteiger partial charge in [0.05, 0.1) is 0 Å². The zero-order valence-corrected chi connectivity index (χ0v) is 13.5. The molecule has 5 nitrogen and oxygen atoms in total. The van der Waals surface area contributed by atoms with Crippen LogP contribution in [0.1, 0.15) is 44.2 Å². The lowest BCUT2D eigenvalue weighted by Crippen LogP contribution is -2.43. The largest absolute Gasteiger partial charge is 0.508 e. The van der Waals surface area contributed by atoms with Crippen molar-refractivity contribution in [1.82, 2.24) is 8.61 Å². The normalized spacial score (nSPS) is 19.4. The Kier molecular flexibility index (Phi) is 5.24. The highest BCUT2D eigenvalue weighted by molar-refractivity contribution is 7.86. The molecule has 1 unspecified atom stereocenters. The van der Waals surface area contributed by atoms with Crippen LogP contribution in [0.2, 0.25) is 0 Å². The lowest BCUT2D eigenvalue weighted by Gasteiger charge is -2.30. The molecule has 1 fully saturated rings. The molecule has 1 aromatic carbocycles. The molecular formula is C15H24N2O3S. The molecule has 0 saturated carbocycles. The zero-order valence-electron chi connectivity index (χ0n) is 12.7. The maximum Gasteiger partial charge on any atom is 0.282 e. The molecule has 1 saturated heterocycles. The Hall–Kier alpha value is -1.11. The van der Waals surface area contributed by atoms with Crippen LogP contribution < -0.4 is 0 Å². The van der Waals surface area contributed by atoms with Gasteiger partial charge in [-0.15, -0.1) is 0 Å². The molecular weight excluding hydrogens is 288 g/mol. The van der Waals surface area contributed by atoms with Crippen molar-refractivity contribution in [3.63, 3.8) is 0 Å². The van der Waals surface area contributed by atoms with Crippen LogP contribution in [0.4, 0.5) is 0 Å². The Bertz CT molecular complexity index is 549. The van der Waals surface area contributed by atoms with Crippen LogP contribution in [-0.4, -0.2) is 42.3 Å². The third-order valence-corrected chi connectivity index (χ3v) is 6.24. The van der Waals surface area contributed by atoms with E-state index in [2.05, 4.69) is 0 Å². The molecule has 0 aliphatic carbocycles. The highest BCUT2D eigenvalue weighted by atomic mass is 32.2. The molecule has 1 N–H and O–H groups in total. The summed E-state index contributed by atoms with van der Waals surface area (Å²) in [4.78, 5) is 0. The molecule has 0 aromatic heterocycles. The SMILES string of the molecule is CC(c1ccc(O)cc1)N(C)S(=O)(=O)N1CCCCCC1. The van der Waals surface area contributed by atoms with Crippen molar-refractivity contribution in [2.24, 2.45) is 0 Å². The van der Waals surface area contributed by atoms with Crippen molar-refractivity contribution in [3.05, 3.63) is 29.8 Å². The van der Waals surface area contributed by atoms with Crippen molar-refractivity contribution in [1.29, 1.82) is 0 Å². The van der Waals surface area contributed by atoms with E-state index in [0.29, 0.717) is 13.1 Å². The highest BCUT2D eigenvalue weighted by Gasteiger charge is 2.30. The van der Waals surface area contributed by atoms with Gasteiger partial charge in [-0.2, -0.15) is 17.0 Å². The van der Waals surface area contributed by atoms with Gasteiger partial charge >= 0.3 is 0 Å². The summed E-state index contributed by atoms with van der Waals surface area (Å²) in [6.07, 6.45) is 4.06. The van der Waals surface area contributed by atoms with Crippen molar-refractivity contribution in [2.75, 3.05) is 20.1 Å².